The highest BCUT2D eigenvalue weighted by Gasteiger charge is 2.12. The first-order valence-electron chi connectivity index (χ1n) is 6.81. The van der Waals surface area contributed by atoms with Crippen LogP contribution in [0.25, 0.3) is 27.7 Å². The minimum atomic E-state index is 0.626. The summed E-state index contributed by atoms with van der Waals surface area (Å²) in [5, 5.41) is 8.38. The second-order valence-corrected chi connectivity index (χ2v) is 4.79. The van der Waals surface area contributed by atoms with Gasteiger partial charge >= 0.3 is 0 Å². The standard InChI is InChI=1S/C17H16N4O/c1-22-16-5-3-2-4-13(16)15-10-21-17-14(15)6-11(9-20-17)12(7-18)8-19/h2-10,18H,19H2,1H3,(H,20,21)/b12-8+,18-7?. The smallest absolute Gasteiger partial charge is 0.137 e. The largest absolute Gasteiger partial charge is 0.496 e. The monoisotopic (exact) mass is 292 g/mol. The molecule has 3 rings (SSSR count). The zero-order valence-electron chi connectivity index (χ0n) is 12.1. The third kappa shape index (κ3) is 2.22. The first-order chi connectivity index (χ1) is 10.8. The van der Waals surface area contributed by atoms with Crippen LogP contribution in [-0.2, 0) is 0 Å². The number of allylic oxidation sites excluding steroid dienone is 1. The molecule has 0 radical (unpaired) electrons. The molecule has 0 bridgehead atoms. The van der Waals surface area contributed by atoms with Crippen LogP contribution in [0, 0.1) is 5.41 Å². The van der Waals surface area contributed by atoms with E-state index in [4.69, 9.17) is 15.9 Å². The highest BCUT2D eigenvalue weighted by Crippen LogP contribution is 2.35. The lowest BCUT2D eigenvalue weighted by Gasteiger charge is -2.07. The van der Waals surface area contributed by atoms with E-state index in [1.54, 1.807) is 13.3 Å². The van der Waals surface area contributed by atoms with E-state index < -0.39 is 0 Å². The van der Waals surface area contributed by atoms with E-state index in [1.165, 1.54) is 12.4 Å². The molecule has 0 aliphatic carbocycles. The van der Waals surface area contributed by atoms with E-state index in [9.17, 15) is 0 Å². The van der Waals surface area contributed by atoms with Crippen LogP contribution in [0.15, 0.2) is 48.9 Å². The quantitative estimate of drug-likeness (QED) is 0.645. The van der Waals surface area contributed by atoms with Crippen molar-refractivity contribution < 1.29 is 4.74 Å². The van der Waals surface area contributed by atoms with Crippen LogP contribution in [0.2, 0.25) is 0 Å². The van der Waals surface area contributed by atoms with Gasteiger partial charge in [0.25, 0.3) is 0 Å². The van der Waals surface area contributed by atoms with Crippen LogP contribution >= 0.6 is 0 Å². The van der Waals surface area contributed by atoms with Gasteiger partial charge in [-0.3, -0.25) is 0 Å². The van der Waals surface area contributed by atoms with Crippen molar-refractivity contribution in [2.45, 2.75) is 0 Å². The van der Waals surface area contributed by atoms with Gasteiger partial charge in [-0.2, -0.15) is 0 Å². The molecule has 0 saturated heterocycles. The van der Waals surface area contributed by atoms with E-state index in [1.807, 2.05) is 36.5 Å². The number of hydrogen-bond acceptors (Lipinski definition) is 4. The maximum atomic E-state index is 7.42. The maximum Gasteiger partial charge on any atom is 0.137 e. The topological polar surface area (TPSA) is 87.8 Å². The average molecular weight is 292 g/mol. The molecule has 2 aromatic heterocycles. The van der Waals surface area contributed by atoms with Gasteiger partial charge < -0.3 is 20.9 Å². The second kappa shape index (κ2) is 5.73. The van der Waals surface area contributed by atoms with E-state index in [-0.39, 0.29) is 0 Å². The Hall–Kier alpha value is -3.08. The summed E-state index contributed by atoms with van der Waals surface area (Å²) in [6, 6.07) is 9.81. The van der Waals surface area contributed by atoms with Crippen molar-refractivity contribution in [3.8, 4) is 16.9 Å². The molecule has 2 heterocycles. The number of nitrogens with two attached hydrogens (primary N) is 1. The molecule has 0 amide bonds. The van der Waals surface area contributed by atoms with Crippen LogP contribution < -0.4 is 10.5 Å². The van der Waals surface area contributed by atoms with Gasteiger partial charge in [0, 0.05) is 52.5 Å². The number of benzene rings is 1. The molecule has 1 aromatic carbocycles. The summed E-state index contributed by atoms with van der Waals surface area (Å²) in [6.45, 7) is 0. The molecular formula is C17H16N4O. The van der Waals surface area contributed by atoms with Gasteiger partial charge in [0.15, 0.2) is 0 Å². The number of H-pyrrole nitrogens is 1. The summed E-state index contributed by atoms with van der Waals surface area (Å²) >= 11 is 0. The predicted octanol–water partition coefficient (Wildman–Crippen LogP) is 3.19. The van der Waals surface area contributed by atoms with Crippen molar-refractivity contribution in [1.82, 2.24) is 9.97 Å². The molecule has 0 aliphatic rings. The fourth-order valence-electron chi connectivity index (χ4n) is 2.48. The Kier molecular flexibility index (Phi) is 3.62. The third-order valence-electron chi connectivity index (χ3n) is 3.60. The Morgan fingerprint density at radius 2 is 2.14 bits per heavy atom. The number of methoxy groups -OCH3 is 1. The fraction of sp³-hybridized carbons (Fsp3) is 0.0588. The Labute approximate surface area is 128 Å². The number of ether oxygens (including phenoxy) is 1. The van der Waals surface area contributed by atoms with Crippen LogP contribution in [0.4, 0.5) is 0 Å². The molecule has 0 fully saturated rings. The predicted molar refractivity (Wildman–Crippen MR) is 89.0 cm³/mol. The summed E-state index contributed by atoms with van der Waals surface area (Å²) in [6.07, 6.45) is 6.24. The minimum absolute atomic E-state index is 0.626. The highest BCUT2D eigenvalue weighted by molar-refractivity contribution is 6.09. The molecule has 0 aliphatic heterocycles. The molecule has 22 heavy (non-hydrogen) atoms. The number of nitrogens with zero attached hydrogens (tertiary/aromatic N) is 1. The van der Waals surface area contributed by atoms with Gasteiger partial charge in [0.2, 0.25) is 0 Å². The lowest BCUT2D eigenvalue weighted by Crippen LogP contribution is -1.92. The Bertz CT molecular complexity index is 864. The Morgan fingerprint density at radius 1 is 1.32 bits per heavy atom. The van der Waals surface area contributed by atoms with E-state index in [0.717, 1.165) is 33.5 Å². The second-order valence-electron chi connectivity index (χ2n) is 4.79. The summed E-state index contributed by atoms with van der Waals surface area (Å²) < 4.78 is 5.44. The van der Waals surface area contributed by atoms with Crippen LogP contribution in [0.1, 0.15) is 5.56 Å². The zero-order chi connectivity index (χ0) is 15.5. The van der Waals surface area contributed by atoms with Crippen LogP contribution in [0.3, 0.4) is 0 Å². The van der Waals surface area contributed by atoms with Crippen molar-refractivity contribution in [1.29, 1.82) is 5.41 Å². The SMILES string of the molecule is COc1ccccc1-c1c[nH]c2ncc(/C(C=N)=C/N)cc12. The van der Waals surface area contributed by atoms with E-state index >= 15 is 0 Å². The number of nitrogens with one attached hydrogen (secondary N) is 2. The highest BCUT2D eigenvalue weighted by atomic mass is 16.5. The fourth-order valence-corrected chi connectivity index (χ4v) is 2.48. The molecule has 5 heteroatoms. The van der Waals surface area contributed by atoms with Gasteiger partial charge in [-0.05, 0) is 12.1 Å². The van der Waals surface area contributed by atoms with Gasteiger partial charge in [-0.25, -0.2) is 4.98 Å². The molecule has 5 nitrogen and oxygen atoms in total. The number of para-hydroxylation sites is 1. The van der Waals surface area contributed by atoms with Crippen molar-refractivity contribution in [2.75, 3.05) is 7.11 Å². The lowest BCUT2D eigenvalue weighted by atomic mass is 10.0. The van der Waals surface area contributed by atoms with Crippen molar-refractivity contribution >= 4 is 22.8 Å². The number of aromatic nitrogens is 2. The molecule has 0 saturated carbocycles. The number of rotatable bonds is 4. The molecule has 110 valence electrons. The Balaban J connectivity index is 2.23. The summed E-state index contributed by atoms with van der Waals surface area (Å²) in [4.78, 5) is 7.57. The first-order valence-corrected chi connectivity index (χ1v) is 6.81. The number of hydrogen-bond donors (Lipinski definition) is 3. The molecule has 0 spiro atoms. The lowest BCUT2D eigenvalue weighted by molar-refractivity contribution is 0.416. The summed E-state index contributed by atoms with van der Waals surface area (Å²) in [5.41, 5.74) is 9.77. The van der Waals surface area contributed by atoms with Crippen molar-refractivity contribution in [2.24, 2.45) is 5.73 Å². The van der Waals surface area contributed by atoms with Gasteiger partial charge in [0.1, 0.15) is 11.4 Å². The summed E-state index contributed by atoms with van der Waals surface area (Å²) in [5.74, 6) is 0.801. The molecular weight excluding hydrogens is 276 g/mol. The van der Waals surface area contributed by atoms with Gasteiger partial charge in [0.05, 0.1) is 7.11 Å². The van der Waals surface area contributed by atoms with Gasteiger partial charge in [-0.15, -0.1) is 0 Å². The number of pyridine rings is 1. The van der Waals surface area contributed by atoms with E-state index in [0.29, 0.717) is 5.57 Å². The van der Waals surface area contributed by atoms with Crippen LogP contribution in [-0.4, -0.2) is 23.3 Å². The summed E-state index contributed by atoms with van der Waals surface area (Å²) in [7, 11) is 1.65. The normalized spacial score (nSPS) is 11.6. The minimum Gasteiger partial charge on any atom is -0.496 e. The molecule has 4 N–H and O–H groups in total. The molecule has 0 unspecified atom stereocenters. The average Bonchev–Trinajstić information content (AvgIpc) is 2.99. The van der Waals surface area contributed by atoms with Crippen molar-refractivity contribution in [3.63, 3.8) is 0 Å². The Morgan fingerprint density at radius 3 is 2.86 bits per heavy atom. The van der Waals surface area contributed by atoms with E-state index in [2.05, 4.69) is 9.97 Å². The zero-order valence-corrected chi connectivity index (χ0v) is 12.1. The maximum absolute atomic E-state index is 7.42. The molecule has 3 aromatic rings. The van der Waals surface area contributed by atoms with Crippen molar-refractivity contribution in [3.05, 3.63) is 54.5 Å². The molecule has 0 atom stereocenters. The van der Waals surface area contributed by atoms with Crippen LogP contribution in [0.5, 0.6) is 5.75 Å². The van der Waals surface area contributed by atoms with Gasteiger partial charge in [-0.1, -0.05) is 18.2 Å². The first kappa shape index (κ1) is 13.9. The number of aromatic amines is 1. The number of fused-ring (bicyclic) bond motifs is 1. The third-order valence-corrected chi connectivity index (χ3v) is 3.60.